The van der Waals surface area contributed by atoms with Gasteiger partial charge in [-0.2, -0.15) is 0 Å². The van der Waals surface area contributed by atoms with E-state index in [4.69, 9.17) is 23.2 Å². The van der Waals surface area contributed by atoms with Crippen molar-refractivity contribution in [3.05, 3.63) is 58.6 Å². The Balaban J connectivity index is 2.69. The van der Waals surface area contributed by atoms with Gasteiger partial charge in [0.05, 0.1) is 5.75 Å². The molecule has 0 N–H and O–H groups in total. The summed E-state index contributed by atoms with van der Waals surface area (Å²) in [5.41, 5.74) is -0.573. The topological polar surface area (TPSA) is 34.1 Å². The second-order valence-electron chi connectivity index (χ2n) is 7.26. The molecule has 24 heavy (non-hydrogen) atoms. The number of carbonyl (C=O) groups is 1. The standard InChI is InChI=1S/C19H22Cl2O2S/c1-19(2,3)18(22)13-24(4,23,16-9-5-14(20)6-10-16)17-11-7-15(21)8-12-17/h5-12H,13H2,1-4H3. The second kappa shape index (κ2) is 6.29. The third-order valence-corrected chi connectivity index (χ3v) is 8.65. The molecular formula is C19H22Cl2O2S. The molecule has 0 aliphatic carbocycles. The average Bonchev–Trinajstić information content (AvgIpc) is 2.47. The van der Waals surface area contributed by atoms with Crippen LogP contribution in [0.1, 0.15) is 20.8 Å². The molecule has 0 aliphatic rings. The van der Waals surface area contributed by atoms with Crippen molar-refractivity contribution >= 4 is 38.1 Å². The fourth-order valence-electron chi connectivity index (χ4n) is 2.42. The van der Waals surface area contributed by atoms with Gasteiger partial charge in [-0.15, -0.1) is 0 Å². The van der Waals surface area contributed by atoms with Crippen LogP contribution in [0.5, 0.6) is 0 Å². The zero-order chi connectivity index (χ0) is 18.2. The molecule has 0 saturated heterocycles. The van der Waals surface area contributed by atoms with Crippen molar-refractivity contribution in [3.63, 3.8) is 0 Å². The highest BCUT2D eigenvalue weighted by Gasteiger charge is 2.41. The summed E-state index contributed by atoms with van der Waals surface area (Å²) < 4.78 is 14.4. The molecule has 0 amide bonds. The minimum atomic E-state index is -3.63. The Labute approximate surface area is 153 Å². The molecule has 130 valence electrons. The van der Waals surface area contributed by atoms with E-state index in [0.29, 0.717) is 19.8 Å². The van der Waals surface area contributed by atoms with Crippen LogP contribution >= 0.6 is 23.2 Å². The maximum absolute atomic E-state index is 14.4. The Kier molecular flexibility index (Phi) is 5.02. The summed E-state index contributed by atoms with van der Waals surface area (Å²) >= 11 is 12.0. The van der Waals surface area contributed by atoms with Gasteiger partial charge in [0, 0.05) is 31.5 Å². The van der Waals surface area contributed by atoms with Crippen molar-refractivity contribution in [1.29, 1.82) is 0 Å². The number of carbonyl (C=O) groups excluding carboxylic acids is 1. The Bertz CT molecular complexity index is 766. The first-order chi connectivity index (χ1) is 10.9. The summed E-state index contributed by atoms with van der Waals surface area (Å²) in [6, 6.07) is 13.8. The van der Waals surface area contributed by atoms with Gasteiger partial charge >= 0.3 is 0 Å². The Morgan fingerprint density at radius 1 is 0.875 bits per heavy atom. The number of halogens is 2. The highest BCUT2D eigenvalue weighted by atomic mass is 35.5. The Morgan fingerprint density at radius 2 is 1.21 bits per heavy atom. The molecule has 0 bridgehead atoms. The first-order valence-corrected chi connectivity index (χ1v) is 10.9. The lowest BCUT2D eigenvalue weighted by Gasteiger charge is -2.40. The molecule has 0 aromatic heterocycles. The SMILES string of the molecule is CC(C)(C)C(=O)CS(C)(=O)(c1ccc(Cl)cc1)c1ccc(Cl)cc1. The zero-order valence-electron chi connectivity index (χ0n) is 14.3. The van der Waals surface area contributed by atoms with Gasteiger partial charge in [0.1, 0.15) is 5.78 Å². The molecule has 5 heteroatoms. The number of ketones is 1. The Morgan fingerprint density at radius 3 is 1.50 bits per heavy atom. The molecule has 0 radical (unpaired) electrons. The smallest absolute Gasteiger partial charge is 0.149 e. The van der Waals surface area contributed by atoms with Gasteiger partial charge in [0.2, 0.25) is 0 Å². The van der Waals surface area contributed by atoms with Crippen LogP contribution in [0.2, 0.25) is 10.0 Å². The third kappa shape index (κ3) is 3.74. The van der Waals surface area contributed by atoms with Crippen LogP contribution in [0.3, 0.4) is 0 Å². The van der Waals surface area contributed by atoms with Gasteiger partial charge in [0.25, 0.3) is 0 Å². The maximum atomic E-state index is 14.4. The number of hydrogen-bond acceptors (Lipinski definition) is 2. The van der Waals surface area contributed by atoms with Crippen molar-refractivity contribution in [2.45, 2.75) is 30.6 Å². The highest BCUT2D eigenvalue weighted by Crippen LogP contribution is 2.43. The fourth-order valence-corrected chi connectivity index (χ4v) is 6.03. The molecule has 2 aromatic carbocycles. The fraction of sp³-hybridized carbons (Fsp3) is 0.316. The van der Waals surface area contributed by atoms with Crippen LogP contribution in [0.4, 0.5) is 0 Å². The van der Waals surface area contributed by atoms with Crippen LogP contribution in [0.25, 0.3) is 0 Å². The minimum absolute atomic E-state index is 0.0492. The van der Waals surface area contributed by atoms with Crippen LogP contribution in [0, 0.1) is 5.41 Å². The van der Waals surface area contributed by atoms with E-state index in [0.717, 1.165) is 0 Å². The number of Topliss-reactive ketones (excluding diaryl/α,β-unsaturated/α-hetero) is 1. The zero-order valence-corrected chi connectivity index (χ0v) is 16.6. The minimum Gasteiger partial charge on any atom is -0.298 e. The van der Waals surface area contributed by atoms with Crippen molar-refractivity contribution in [1.82, 2.24) is 0 Å². The predicted molar refractivity (Wildman–Crippen MR) is 103 cm³/mol. The first-order valence-electron chi connectivity index (χ1n) is 7.60. The molecule has 2 aromatic rings. The molecule has 2 rings (SSSR count). The highest BCUT2D eigenvalue weighted by molar-refractivity contribution is 8.20. The normalized spacial score (nSPS) is 14.0. The summed E-state index contributed by atoms with van der Waals surface area (Å²) in [6.45, 7) is 5.52. The summed E-state index contributed by atoms with van der Waals surface area (Å²) in [5.74, 6) is -0.101. The summed E-state index contributed by atoms with van der Waals surface area (Å²) in [7, 11) is -3.63. The van der Waals surface area contributed by atoms with Crippen LogP contribution < -0.4 is 0 Å². The molecule has 0 spiro atoms. The Hall–Kier alpha value is -1.16. The van der Waals surface area contributed by atoms with E-state index >= 15 is 0 Å². The summed E-state index contributed by atoms with van der Waals surface area (Å²) in [6.07, 6.45) is 1.67. The van der Waals surface area contributed by atoms with E-state index in [1.165, 1.54) is 0 Å². The molecule has 0 aliphatic heterocycles. The number of rotatable bonds is 4. The van der Waals surface area contributed by atoms with Crippen LogP contribution in [-0.2, 0) is 13.9 Å². The molecule has 0 atom stereocenters. The maximum Gasteiger partial charge on any atom is 0.149 e. The number of hydrogen-bond donors (Lipinski definition) is 0. The van der Waals surface area contributed by atoms with E-state index in [9.17, 15) is 9.00 Å². The number of benzene rings is 2. The van der Waals surface area contributed by atoms with Gasteiger partial charge in [-0.3, -0.25) is 9.00 Å². The molecule has 0 unspecified atom stereocenters. The van der Waals surface area contributed by atoms with Crippen molar-refractivity contribution < 1.29 is 9.00 Å². The largest absolute Gasteiger partial charge is 0.298 e. The van der Waals surface area contributed by atoms with E-state index in [1.54, 1.807) is 54.8 Å². The van der Waals surface area contributed by atoms with Crippen molar-refractivity contribution in [2.75, 3.05) is 12.0 Å². The third-order valence-electron chi connectivity index (χ3n) is 4.18. The molecule has 0 saturated carbocycles. The lowest BCUT2D eigenvalue weighted by molar-refractivity contribution is -0.123. The monoisotopic (exact) mass is 384 g/mol. The predicted octanol–water partition coefficient (Wildman–Crippen LogP) is 5.48. The van der Waals surface area contributed by atoms with Crippen LogP contribution in [-0.4, -0.2) is 22.0 Å². The quantitative estimate of drug-likeness (QED) is 0.699. The molecular weight excluding hydrogens is 363 g/mol. The lowest BCUT2D eigenvalue weighted by atomic mass is 9.92. The van der Waals surface area contributed by atoms with Gasteiger partial charge in [-0.1, -0.05) is 44.0 Å². The van der Waals surface area contributed by atoms with E-state index in [1.807, 2.05) is 20.8 Å². The van der Waals surface area contributed by atoms with E-state index in [2.05, 4.69) is 0 Å². The summed E-state index contributed by atoms with van der Waals surface area (Å²) in [5, 5.41) is 1.12. The van der Waals surface area contributed by atoms with E-state index in [-0.39, 0.29) is 11.5 Å². The van der Waals surface area contributed by atoms with Crippen molar-refractivity contribution in [3.8, 4) is 0 Å². The van der Waals surface area contributed by atoms with Gasteiger partial charge < -0.3 is 0 Å². The lowest BCUT2D eigenvalue weighted by Crippen LogP contribution is -2.42. The van der Waals surface area contributed by atoms with Crippen LogP contribution in [0.15, 0.2) is 58.3 Å². The van der Waals surface area contributed by atoms with Gasteiger partial charge in [0.15, 0.2) is 0 Å². The first kappa shape index (κ1) is 19.2. The van der Waals surface area contributed by atoms with E-state index < -0.39 is 14.5 Å². The van der Waals surface area contributed by atoms with Gasteiger partial charge in [-0.25, -0.2) is 0 Å². The van der Waals surface area contributed by atoms with Crippen molar-refractivity contribution in [2.24, 2.45) is 5.41 Å². The second-order valence-corrected chi connectivity index (χ2v) is 12.4. The molecule has 0 heterocycles. The summed E-state index contributed by atoms with van der Waals surface area (Å²) in [4.78, 5) is 14.0. The molecule has 0 fully saturated rings. The molecule has 2 nitrogen and oxygen atoms in total. The van der Waals surface area contributed by atoms with Gasteiger partial charge in [-0.05, 0) is 57.6 Å². The average molecular weight is 385 g/mol.